The highest BCUT2D eigenvalue weighted by Gasteiger charge is 2.71. The Morgan fingerprint density at radius 2 is 1.73 bits per heavy atom. The van der Waals surface area contributed by atoms with E-state index < -0.39 is 23.1 Å². The zero-order valence-corrected chi connectivity index (χ0v) is 14.0. The fourth-order valence-electron chi connectivity index (χ4n) is 3.80. The Kier molecular flexibility index (Phi) is 3.50. The summed E-state index contributed by atoms with van der Waals surface area (Å²) in [5, 5.41) is 22.8. The fraction of sp³-hybridized carbons (Fsp3) is 0.200. The number of carbonyl (C=O) groups excluding carboxylic acids is 2. The van der Waals surface area contributed by atoms with Gasteiger partial charge in [0.15, 0.2) is 0 Å². The van der Waals surface area contributed by atoms with E-state index in [4.69, 9.17) is 4.74 Å². The van der Waals surface area contributed by atoms with Crippen molar-refractivity contribution in [3.8, 4) is 0 Å². The number of methoxy groups -OCH3 is 1. The first-order chi connectivity index (χ1) is 12.4. The van der Waals surface area contributed by atoms with E-state index in [2.05, 4.69) is 0 Å². The minimum absolute atomic E-state index is 0.185. The lowest BCUT2D eigenvalue weighted by molar-refractivity contribution is -0.175. The largest absolute Gasteiger partial charge is 0.466 e. The van der Waals surface area contributed by atoms with E-state index in [9.17, 15) is 19.8 Å². The smallest absolute Gasteiger partial charge is 0.338 e. The minimum atomic E-state index is -2.42. The van der Waals surface area contributed by atoms with E-state index in [0.29, 0.717) is 0 Å². The topological polar surface area (TPSA) is 87.1 Å². The Morgan fingerprint density at radius 1 is 1.08 bits per heavy atom. The number of hydrogen-bond acceptors (Lipinski definition) is 6. The monoisotopic (exact) mass is 351 g/mol. The van der Waals surface area contributed by atoms with Crippen molar-refractivity contribution in [2.45, 2.75) is 17.9 Å². The van der Waals surface area contributed by atoms with E-state index >= 15 is 0 Å². The fourth-order valence-corrected chi connectivity index (χ4v) is 3.80. The van der Waals surface area contributed by atoms with Crippen molar-refractivity contribution in [3.63, 3.8) is 0 Å². The van der Waals surface area contributed by atoms with Crippen LogP contribution in [0.15, 0.2) is 66.4 Å². The van der Waals surface area contributed by atoms with E-state index in [1.54, 1.807) is 18.2 Å². The van der Waals surface area contributed by atoms with Crippen LogP contribution >= 0.6 is 0 Å². The number of ketones is 1. The van der Waals surface area contributed by atoms with Crippen LogP contribution in [-0.4, -0.2) is 39.6 Å². The van der Waals surface area contributed by atoms with Crippen molar-refractivity contribution in [2.75, 3.05) is 7.11 Å². The Balaban J connectivity index is 1.91. The quantitative estimate of drug-likeness (QED) is 0.812. The number of carbonyl (C=O) groups is 2. The highest BCUT2D eigenvalue weighted by Crippen LogP contribution is 2.54. The minimum Gasteiger partial charge on any atom is -0.466 e. The van der Waals surface area contributed by atoms with Gasteiger partial charge in [-0.1, -0.05) is 54.6 Å². The summed E-state index contributed by atoms with van der Waals surface area (Å²) in [6.45, 7) is 0.196. The molecule has 2 aromatic rings. The van der Waals surface area contributed by atoms with Crippen LogP contribution in [0.4, 0.5) is 0 Å². The molecule has 6 nitrogen and oxygen atoms in total. The predicted molar refractivity (Wildman–Crippen MR) is 91.7 cm³/mol. The van der Waals surface area contributed by atoms with Gasteiger partial charge in [0, 0.05) is 23.9 Å². The summed E-state index contributed by atoms with van der Waals surface area (Å²) in [5.74, 6) is -1.58. The molecule has 0 bridgehead atoms. The van der Waals surface area contributed by atoms with Crippen LogP contribution in [0.25, 0.3) is 0 Å². The van der Waals surface area contributed by atoms with Crippen molar-refractivity contribution in [3.05, 3.63) is 83.1 Å². The van der Waals surface area contributed by atoms with Crippen LogP contribution < -0.4 is 0 Å². The van der Waals surface area contributed by atoms with Crippen molar-refractivity contribution < 1.29 is 24.5 Å². The van der Waals surface area contributed by atoms with Gasteiger partial charge in [0.2, 0.25) is 17.1 Å². The number of Topliss-reactive ketones (excluding diaryl/α,β-unsaturated/α-hetero) is 1. The van der Waals surface area contributed by atoms with Crippen molar-refractivity contribution in [2.24, 2.45) is 0 Å². The van der Waals surface area contributed by atoms with Crippen molar-refractivity contribution in [1.29, 1.82) is 0 Å². The molecule has 132 valence electrons. The summed E-state index contributed by atoms with van der Waals surface area (Å²) >= 11 is 0. The standard InChI is InChI=1S/C20H17NO5/c1-26-18(23)16-12-21(11-13-7-3-2-4-8-13)20(25)15-10-6-5-9-14(15)17(22)19(16,20)24/h2-10,12,24-25H,11H2,1H3/t19-,20+/m1/s1. The van der Waals surface area contributed by atoms with Gasteiger partial charge < -0.3 is 19.8 Å². The summed E-state index contributed by atoms with van der Waals surface area (Å²) in [6, 6.07) is 15.7. The number of fused-ring (bicyclic) bond motifs is 3. The molecule has 0 saturated carbocycles. The van der Waals surface area contributed by atoms with Gasteiger partial charge in [-0.3, -0.25) is 4.79 Å². The van der Waals surface area contributed by atoms with Gasteiger partial charge in [0.1, 0.15) is 0 Å². The highest BCUT2D eigenvalue weighted by molar-refractivity contribution is 6.16. The van der Waals surface area contributed by atoms with Gasteiger partial charge in [0.05, 0.1) is 12.7 Å². The molecule has 1 heterocycles. The Morgan fingerprint density at radius 3 is 2.42 bits per heavy atom. The number of esters is 1. The van der Waals surface area contributed by atoms with Crippen molar-refractivity contribution >= 4 is 11.8 Å². The first-order valence-electron chi connectivity index (χ1n) is 8.15. The molecule has 0 fully saturated rings. The van der Waals surface area contributed by atoms with Crippen LogP contribution in [-0.2, 0) is 21.8 Å². The van der Waals surface area contributed by atoms with Gasteiger partial charge in [-0.05, 0) is 5.56 Å². The lowest BCUT2D eigenvalue weighted by Gasteiger charge is -2.39. The molecule has 1 aliphatic carbocycles. The summed E-state index contributed by atoms with van der Waals surface area (Å²) in [4.78, 5) is 26.6. The van der Waals surface area contributed by atoms with E-state index in [0.717, 1.165) is 12.7 Å². The normalized spacial score (nSPS) is 26.3. The summed E-state index contributed by atoms with van der Waals surface area (Å²) in [7, 11) is 1.16. The molecule has 0 aromatic heterocycles. The highest BCUT2D eigenvalue weighted by atomic mass is 16.5. The molecule has 1 aliphatic heterocycles. The molecule has 0 saturated heterocycles. The second-order valence-corrected chi connectivity index (χ2v) is 6.41. The lowest BCUT2D eigenvalue weighted by atomic mass is 9.85. The number of aliphatic hydroxyl groups is 2. The second-order valence-electron chi connectivity index (χ2n) is 6.41. The predicted octanol–water partition coefficient (Wildman–Crippen LogP) is 1.33. The molecule has 0 unspecified atom stereocenters. The SMILES string of the molecule is COC(=O)C1=CN(Cc2ccccc2)[C@]2(O)c3ccccc3C(=O)[C@]12O. The molecule has 0 amide bonds. The molecule has 6 heteroatoms. The van der Waals surface area contributed by atoms with Crippen molar-refractivity contribution in [1.82, 2.24) is 4.90 Å². The number of nitrogens with zero attached hydrogens (tertiary/aromatic N) is 1. The van der Waals surface area contributed by atoms with E-state index in [-0.39, 0.29) is 23.2 Å². The molecule has 2 aliphatic rings. The average Bonchev–Trinajstić information content (AvgIpc) is 3.00. The van der Waals surface area contributed by atoms with Gasteiger partial charge in [0.25, 0.3) is 0 Å². The first kappa shape index (κ1) is 16.5. The van der Waals surface area contributed by atoms with Gasteiger partial charge in [-0.15, -0.1) is 0 Å². The molecule has 2 atom stereocenters. The van der Waals surface area contributed by atoms with Crippen LogP contribution in [0.2, 0.25) is 0 Å². The maximum Gasteiger partial charge on any atom is 0.338 e. The molecule has 26 heavy (non-hydrogen) atoms. The molecule has 2 N–H and O–H groups in total. The molecular weight excluding hydrogens is 334 g/mol. The van der Waals surface area contributed by atoms with Crippen LogP contribution in [0.1, 0.15) is 21.5 Å². The Labute approximate surface area is 149 Å². The molecule has 2 aromatic carbocycles. The van der Waals surface area contributed by atoms with Crippen LogP contribution in [0.3, 0.4) is 0 Å². The maximum absolute atomic E-state index is 12.9. The summed E-state index contributed by atoms with van der Waals surface area (Å²) in [5.41, 5.74) is -3.48. The number of ether oxygens (including phenoxy) is 1. The van der Waals surface area contributed by atoms with E-state index in [1.807, 2.05) is 30.3 Å². The number of hydrogen-bond donors (Lipinski definition) is 2. The first-order valence-corrected chi connectivity index (χ1v) is 8.15. The average molecular weight is 351 g/mol. The van der Waals surface area contributed by atoms with Gasteiger partial charge in [-0.25, -0.2) is 4.79 Å². The Bertz CT molecular complexity index is 938. The third-order valence-electron chi connectivity index (χ3n) is 5.07. The lowest BCUT2D eigenvalue weighted by Crippen LogP contribution is -2.57. The van der Waals surface area contributed by atoms with Crippen LogP contribution in [0.5, 0.6) is 0 Å². The Hall–Kier alpha value is -2.96. The maximum atomic E-state index is 12.9. The third kappa shape index (κ3) is 1.88. The number of benzene rings is 2. The molecule has 0 spiro atoms. The zero-order chi connectivity index (χ0) is 18.5. The second kappa shape index (κ2) is 5.52. The summed E-state index contributed by atoms with van der Waals surface area (Å²) in [6.07, 6.45) is 1.31. The van der Waals surface area contributed by atoms with E-state index in [1.165, 1.54) is 17.2 Å². The molecule has 0 radical (unpaired) electrons. The molecular formula is C20H17NO5. The van der Waals surface area contributed by atoms with Gasteiger partial charge in [-0.2, -0.15) is 0 Å². The van der Waals surface area contributed by atoms with Gasteiger partial charge >= 0.3 is 5.97 Å². The number of rotatable bonds is 3. The molecule has 4 rings (SSSR count). The third-order valence-corrected chi connectivity index (χ3v) is 5.07. The summed E-state index contributed by atoms with van der Waals surface area (Å²) < 4.78 is 4.74. The zero-order valence-electron chi connectivity index (χ0n) is 14.0. The van der Waals surface area contributed by atoms with Crippen LogP contribution in [0, 0.1) is 0 Å².